The number of amides is 1. The zero-order valence-corrected chi connectivity index (χ0v) is 15.2. The van der Waals surface area contributed by atoms with E-state index in [4.69, 9.17) is 0 Å². The molecular weight excluding hydrogens is 324 g/mol. The van der Waals surface area contributed by atoms with Crippen LogP contribution in [-0.2, 0) is 11.2 Å². The molecule has 0 N–H and O–H groups in total. The standard InChI is InChI=1S/C21H26N4O/c26-19-16-21(9-14-24(15-10-21)20-22-11-5-12-23-20)17-25(19)13-4-8-18-6-2-1-3-7-18/h1-3,5-7,11-12H,4,8-10,13-17H2. The maximum atomic E-state index is 12.5. The molecule has 0 aliphatic carbocycles. The minimum Gasteiger partial charge on any atom is -0.342 e. The van der Waals surface area contributed by atoms with Crippen molar-refractivity contribution >= 4 is 11.9 Å². The van der Waals surface area contributed by atoms with E-state index in [1.807, 2.05) is 12.1 Å². The van der Waals surface area contributed by atoms with E-state index in [9.17, 15) is 4.79 Å². The van der Waals surface area contributed by atoms with Crippen LogP contribution in [0.15, 0.2) is 48.8 Å². The Kier molecular flexibility index (Phi) is 4.87. The summed E-state index contributed by atoms with van der Waals surface area (Å²) in [6, 6.07) is 12.4. The molecule has 0 radical (unpaired) electrons. The Balaban J connectivity index is 1.29. The fraction of sp³-hybridized carbons (Fsp3) is 0.476. The highest BCUT2D eigenvalue weighted by Crippen LogP contribution is 2.41. The molecule has 1 aromatic carbocycles. The van der Waals surface area contributed by atoms with Gasteiger partial charge in [-0.3, -0.25) is 4.79 Å². The lowest BCUT2D eigenvalue weighted by Crippen LogP contribution is -2.42. The van der Waals surface area contributed by atoms with Crippen LogP contribution in [0.3, 0.4) is 0 Å². The summed E-state index contributed by atoms with van der Waals surface area (Å²) in [5.41, 5.74) is 1.51. The van der Waals surface area contributed by atoms with Crippen LogP contribution in [0.1, 0.15) is 31.2 Å². The first-order valence-electron chi connectivity index (χ1n) is 9.58. The van der Waals surface area contributed by atoms with Gasteiger partial charge in [-0.05, 0) is 37.3 Å². The number of carbonyl (C=O) groups excluding carboxylic acids is 1. The molecular formula is C21H26N4O. The summed E-state index contributed by atoms with van der Waals surface area (Å²) >= 11 is 0. The third kappa shape index (κ3) is 3.71. The lowest BCUT2D eigenvalue weighted by Gasteiger charge is -2.38. The fourth-order valence-electron chi connectivity index (χ4n) is 4.27. The number of anilines is 1. The summed E-state index contributed by atoms with van der Waals surface area (Å²) in [4.78, 5) is 25.6. The topological polar surface area (TPSA) is 49.3 Å². The Morgan fingerprint density at radius 3 is 2.46 bits per heavy atom. The van der Waals surface area contributed by atoms with E-state index in [2.05, 4.69) is 44.0 Å². The highest BCUT2D eigenvalue weighted by atomic mass is 16.2. The highest BCUT2D eigenvalue weighted by Gasteiger charge is 2.44. The van der Waals surface area contributed by atoms with Gasteiger partial charge in [0.2, 0.25) is 11.9 Å². The molecule has 26 heavy (non-hydrogen) atoms. The first-order valence-corrected chi connectivity index (χ1v) is 9.58. The zero-order chi connectivity index (χ0) is 17.8. The number of aromatic nitrogens is 2. The van der Waals surface area contributed by atoms with Gasteiger partial charge in [-0.2, -0.15) is 0 Å². The van der Waals surface area contributed by atoms with E-state index in [-0.39, 0.29) is 5.41 Å². The Bertz CT molecular complexity index is 726. The Labute approximate surface area is 155 Å². The summed E-state index contributed by atoms with van der Waals surface area (Å²) in [5.74, 6) is 1.15. The average molecular weight is 350 g/mol. The van der Waals surface area contributed by atoms with Gasteiger partial charge in [0, 0.05) is 50.4 Å². The molecule has 5 nitrogen and oxygen atoms in total. The number of benzene rings is 1. The number of nitrogens with zero attached hydrogens (tertiary/aromatic N) is 4. The molecule has 1 aromatic heterocycles. The third-order valence-electron chi connectivity index (χ3n) is 5.80. The van der Waals surface area contributed by atoms with Crippen molar-refractivity contribution < 1.29 is 4.79 Å². The van der Waals surface area contributed by atoms with Gasteiger partial charge in [0.15, 0.2) is 0 Å². The number of carbonyl (C=O) groups is 1. The predicted molar refractivity (Wildman–Crippen MR) is 102 cm³/mol. The number of piperidine rings is 1. The van der Waals surface area contributed by atoms with Gasteiger partial charge in [0.1, 0.15) is 0 Å². The van der Waals surface area contributed by atoms with Gasteiger partial charge in [0.05, 0.1) is 0 Å². The summed E-state index contributed by atoms with van der Waals surface area (Å²) in [6.45, 7) is 3.68. The normalized spacial score (nSPS) is 19.3. The molecule has 0 unspecified atom stereocenters. The van der Waals surface area contributed by atoms with Crippen molar-refractivity contribution in [2.45, 2.75) is 32.1 Å². The molecule has 2 fully saturated rings. The van der Waals surface area contributed by atoms with Crippen molar-refractivity contribution in [2.24, 2.45) is 5.41 Å². The predicted octanol–water partition coefficient (Wildman–Crippen LogP) is 2.93. The van der Waals surface area contributed by atoms with E-state index in [0.717, 1.165) is 57.8 Å². The number of aryl methyl sites for hydroxylation is 1. The summed E-state index contributed by atoms with van der Waals surface area (Å²) in [5, 5.41) is 0. The average Bonchev–Trinajstić information content (AvgIpc) is 2.99. The number of likely N-dealkylation sites (tertiary alicyclic amines) is 1. The zero-order valence-electron chi connectivity index (χ0n) is 15.2. The molecule has 2 aliphatic rings. The Hall–Kier alpha value is -2.43. The monoisotopic (exact) mass is 350 g/mol. The molecule has 1 spiro atoms. The summed E-state index contributed by atoms with van der Waals surface area (Å²) in [6.07, 6.45) is 8.47. The van der Waals surface area contributed by atoms with E-state index in [1.165, 1.54) is 5.56 Å². The maximum absolute atomic E-state index is 12.5. The van der Waals surface area contributed by atoms with Crippen LogP contribution in [0.25, 0.3) is 0 Å². The van der Waals surface area contributed by atoms with Crippen molar-refractivity contribution in [2.75, 3.05) is 31.1 Å². The van der Waals surface area contributed by atoms with Crippen molar-refractivity contribution in [3.63, 3.8) is 0 Å². The van der Waals surface area contributed by atoms with E-state index >= 15 is 0 Å². The van der Waals surface area contributed by atoms with Gasteiger partial charge in [0.25, 0.3) is 0 Å². The maximum Gasteiger partial charge on any atom is 0.225 e. The van der Waals surface area contributed by atoms with Crippen LogP contribution in [0.4, 0.5) is 5.95 Å². The van der Waals surface area contributed by atoms with E-state index in [0.29, 0.717) is 12.3 Å². The fourth-order valence-corrected chi connectivity index (χ4v) is 4.27. The second-order valence-electron chi connectivity index (χ2n) is 7.62. The molecule has 2 aromatic rings. The van der Waals surface area contributed by atoms with Gasteiger partial charge in [-0.25, -0.2) is 9.97 Å². The van der Waals surface area contributed by atoms with E-state index < -0.39 is 0 Å². The smallest absolute Gasteiger partial charge is 0.225 e. The number of hydrogen-bond donors (Lipinski definition) is 0. The highest BCUT2D eigenvalue weighted by molar-refractivity contribution is 5.79. The van der Waals surface area contributed by atoms with Crippen LogP contribution in [0.2, 0.25) is 0 Å². The Morgan fingerprint density at radius 2 is 1.73 bits per heavy atom. The quantitative estimate of drug-likeness (QED) is 0.832. The van der Waals surface area contributed by atoms with Crippen LogP contribution < -0.4 is 4.90 Å². The molecule has 0 saturated carbocycles. The van der Waals surface area contributed by atoms with Gasteiger partial charge in [-0.1, -0.05) is 30.3 Å². The largest absolute Gasteiger partial charge is 0.342 e. The molecule has 2 saturated heterocycles. The number of rotatable bonds is 5. The van der Waals surface area contributed by atoms with Crippen LogP contribution >= 0.6 is 0 Å². The molecule has 0 bridgehead atoms. The SMILES string of the molecule is O=C1CC2(CCN(c3ncccn3)CC2)CN1CCCc1ccccc1. The van der Waals surface area contributed by atoms with Crippen LogP contribution in [0.5, 0.6) is 0 Å². The molecule has 3 heterocycles. The first-order chi connectivity index (χ1) is 12.7. The minimum atomic E-state index is 0.162. The van der Waals surface area contributed by atoms with E-state index in [1.54, 1.807) is 12.4 Å². The molecule has 5 heteroatoms. The molecule has 2 aliphatic heterocycles. The van der Waals surface area contributed by atoms with Crippen molar-refractivity contribution in [1.29, 1.82) is 0 Å². The van der Waals surface area contributed by atoms with Gasteiger partial charge >= 0.3 is 0 Å². The first kappa shape index (κ1) is 17.0. The second-order valence-corrected chi connectivity index (χ2v) is 7.62. The summed E-state index contributed by atoms with van der Waals surface area (Å²) < 4.78 is 0. The molecule has 1 amide bonds. The lowest BCUT2D eigenvalue weighted by molar-refractivity contribution is -0.127. The third-order valence-corrected chi connectivity index (χ3v) is 5.80. The van der Waals surface area contributed by atoms with Gasteiger partial charge in [-0.15, -0.1) is 0 Å². The second kappa shape index (κ2) is 7.44. The molecule has 4 rings (SSSR count). The van der Waals surface area contributed by atoms with Crippen LogP contribution in [-0.4, -0.2) is 47.0 Å². The lowest BCUT2D eigenvalue weighted by atomic mass is 9.77. The minimum absolute atomic E-state index is 0.162. The summed E-state index contributed by atoms with van der Waals surface area (Å²) in [7, 11) is 0. The molecule has 136 valence electrons. The van der Waals surface area contributed by atoms with Crippen molar-refractivity contribution in [1.82, 2.24) is 14.9 Å². The Morgan fingerprint density at radius 1 is 1.00 bits per heavy atom. The number of hydrogen-bond acceptors (Lipinski definition) is 4. The van der Waals surface area contributed by atoms with Gasteiger partial charge < -0.3 is 9.80 Å². The van der Waals surface area contributed by atoms with Crippen LogP contribution in [0, 0.1) is 5.41 Å². The van der Waals surface area contributed by atoms with Crippen molar-refractivity contribution in [3.8, 4) is 0 Å². The molecule has 0 atom stereocenters. The van der Waals surface area contributed by atoms with Crippen molar-refractivity contribution in [3.05, 3.63) is 54.4 Å².